The lowest BCUT2D eigenvalue weighted by Crippen LogP contribution is -2.46. The number of imide groups is 1. The lowest BCUT2D eigenvalue weighted by molar-refractivity contribution is -0.126. The third kappa shape index (κ3) is 6.62. The van der Waals surface area contributed by atoms with Crippen molar-refractivity contribution in [2.24, 2.45) is 0 Å². The highest BCUT2D eigenvalue weighted by Crippen LogP contribution is 2.20. The number of methoxy groups -OCH3 is 1. The summed E-state index contributed by atoms with van der Waals surface area (Å²) in [5.74, 6) is -0.189. The van der Waals surface area contributed by atoms with E-state index in [0.29, 0.717) is 23.5 Å². The number of hydrogen-bond acceptors (Lipinski definition) is 5. The minimum absolute atomic E-state index is 0.0560. The molecule has 2 rings (SSSR count). The van der Waals surface area contributed by atoms with Gasteiger partial charge >= 0.3 is 6.03 Å². The molecule has 2 aromatic carbocycles. The molecule has 0 unspecified atom stereocenters. The van der Waals surface area contributed by atoms with E-state index in [9.17, 15) is 14.4 Å². The molecule has 2 aromatic rings. The topological polar surface area (TPSA) is 99.8 Å². The molecule has 8 nitrogen and oxygen atoms in total. The Morgan fingerprint density at radius 2 is 1.79 bits per heavy atom. The molecule has 0 bridgehead atoms. The summed E-state index contributed by atoms with van der Waals surface area (Å²) < 4.78 is 5.15. The summed E-state index contributed by atoms with van der Waals surface area (Å²) in [4.78, 5) is 38.6. The molecule has 0 saturated heterocycles. The molecule has 4 amide bonds. The molecule has 0 spiro atoms. The minimum Gasteiger partial charge on any atom is -0.497 e. The van der Waals surface area contributed by atoms with Crippen molar-refractivity contribution in [1.82, 2.24) is 15.5 Å². The van der Waals surface area contributed by atoms with Crippen LogP contribution in [0.2, 0.25) is 0 Å². The number of urea groups is 1. The van der Waals surface area contributed by atoms with Gasteiger partial charge in [-0.25, -0.2) is 4.79 Å². The Morgan fingerprint density at radius 3 is 2.45 bits per heavy atom. The van der Waals surface area contributed by atoms with E-state index in [1.54, 1.807) is 74.5 Å². The van der Waals surface area contributed by atoms with E-state index in [0.717, 1.165) is 0 Å². The summed E-state index contributed by atoms with van der Waals surface area (Å²) in [6, 6.07) is 14.6. The minimum atomic E-state index is -0.810. The lowest BCUT2D eigenvalue weighted by Gasteiger charge is -2.26. The summed E-state index contributed by atoms with van der Waals surface area (Å²) in [5.41, 5.74) is 1.26. The zero-order valence-corrected chi connectivity index (χ0v) is 16.8. The van der Waals surface area contributed by atoms with Crippen LogP contribution >= 0.6 is 0 Å². The van der Waals surface area contributed by atoms with Crippen molar-refractivity contribution in [3.8, 4) is 5.75 Å². The van der Waals surface area contributed by atoms with Crippen molar-refractivity contribution in [3.63, 3.8) is 0 Å². The number of carbonyl (C=O) groups is 3. The smallest absolute Gasteiger partial charge is 0.321 e. The molecule has 8 heteroatoms. The summed E-state index contributed by atoms with van der Waals surface area (Å²) in [6.45, 7) is 2.10. The van der Waals surface area contributed by atoms with E-state index in [4.69, 9.17) is 4.74 Å². The van der Waals surface area contributed by atoms with Gasteiger partial charge in [-0.2, -0.15) is 0 Å². The Bertz CT molecular complexity index is 842. The quantitative estimate of drug-likeness (QED) is 0.633. The van der Waals surface area contributed by atoms with E-state index < -0.39 is 18.0 Å². The standard InChI is InChI=1S/C21H26N4O4/c1-4-22-21(28)24-20(27)19(15-9-6-5-7-10-15)25(2)14-18(26)23-16-11-8-12-17(13-16)29-3/h5-13,19H,4,14H2,1-3H3,(H,23,26)(H2,22,24,27,28)/t19-/m1/s1. The Morgan fingerprint density at radius 1 is 1.07 bits per heavy atom. The highest BCUT2D eigenvalue weighted by atomic mass is 16.5. The van der Waals surface area contributed by atoms with Crippen molar-refractivity contribution in [2.75, 3.05) is 32.6 Å². The Kier molecular flexibility index (Phi) is 8.17. The molecule has 0 fully saturated rings. The van der Waals surface area contributed by atoms with Crippen LogP contribution in [-0.2, 0) is 9.59 Å². The molecule has 1 atom stereocenters. The third-order valence-electron chi connectivity index (χ3n) is 4.12. The lowest BCUT2D eigenvalue weighted by atomic mass is 10.0. The predicted molar refractivity (Wildman–Crippen MR) is 111 cm³/mol. The van der Waals surface area contributed by atoms with Gasteiger partial charge in [0.05, 0.1) is 13.7 Å². The van der Waals surface area contributed by atoms with Gasteiger partial charge in [-0.05, 0) is 31.7 Å². The number of likely N-dealkylation sites (N-methyl/N-ethyl adjacent to an activating group) is 1. The molecule has 0 saturated carbocycles. The van der Waals surface area contributed by atoms with Gasteiger partial charge in [0.2, 0.25) is 11.8 Å². The molecule has 3 N–H and O–H groups in total. The van der Waals surface area contributed by atoms with Crippen LogP contribution in [0.25, 0.3) is 0 Å². The van der Waals surface area contributed by atoms with Crippen molar-refractivity contribution < 1.29 is 19.1 Å². The van der Waals surface area contributed by atoms with Gasteiger partial charge in [0, 0.05) is 18.3 Å². The van der Waals surface area contributed by atoms with Crippen LogP contribution in [0.1, 0.15) is 18.5 Å². The molecule has 29 heavy (non-hydrogen) atoms. The van der Waals surface area contributed by atoms with Crippen LogP contribution in [0.5, 0.6) is 5.75 Å². The number of carbonyl (C=O) groups excluding carboxylic acids is 3. The molecule has 0 radical (unpaired) electrons. The maximum atomic E-state index is 12.7. The van der Waals surface area contributed by atoms with Crippen molar-refractivity contribution >= 4 is 23.5 Å². The summed E-state index contributed by atoms with van der Waals surface area (Å²) in [5, 5.41) is 7.63. The van der Waals surface area contributed by atoms with Crippen LogP contribution in [0.15, 0.2) is 54.6 Å². The Labute approximate surface area is 170 Å². The van der Waals surface area contributed by atoms with E-state index in [-0.39, 0.29) is 12.5 Å². The van der Waals surface area contributed by atoms with Gasteiger partial charge in [0.25, 0.3) is 0 Å². The zero-order chi connectivity index (χ0) is 21.2. The second-order valence-electron chi connectivity index (χ2n) is 6.36. The first-order chi connectivity index (χ1) is 13.9. The van der Waals surface area contributed by atoms with Crippen molar-refractivity contribution in [3.05, 3.63) is 60.2 Å². The predicted octanol–water partition coefficient (Wildman–Crippen LogP) is 2.15. The van der Waals surface area contributed by atoms with Crippen molar-refractivity contribution in [2.45, 2.75) is 13.0 Å². The molecule has 0 heterocycles. The number of nitrogens with zero attached hydrogens (tertiary/aromatic N) is 1. The highest BCUT2D eigenvalue weighted by Gasteiger charge is 2.27. The van der Waals surface area contributed by atoms with E-state index >= 15 is 0 Å². The van der Waals surface area contributed by atoms with E-state index in [1.165, 1.54) is 0 Å². The highest BCUT2D eigenvalue weighted by molar-refractivity contribution is 5.98. The number of ether oxygens (including phenoxy) is 1. The van der Waals surface area contributed by atoms with E-state index in [2.05, 4.69) is 16.0 Å². The van der Waals surface area contributed by atoms with Crippen LogP contribution < -0.4 is 20.7 Å². The zero-order valence-electron chi connectivity index (χ0n) is 16.8. The van der Waals surface area contributed by atoms with E-state index in [1.807, 2.05) is 6.07 Å². The van der Waals surface area contributed by atoms with Gasteiger partial charge < -0.3 is 15.4 Å². The first-order valence-corrected chi connectivity index (χ1v) is 9.22. The van der Waals surface area contributed by atoms with Gasteiger partial charge in [-0.3, -0.25) is 19.8 Å². The van der Waals surface area contributed by atoms with Crippen molar-refractivity contribution in [1.29, 1.82) is 0 Å². The number of rotatable bonds is 8. The maximum absolute atomic E-state index is 12.7. The van der Waals surface area contributed by atoms with Gasteiger partial charge in [-0.1, -0.05) is 36.4 Å². The fourth-order valence-electron chi connectivity index (χ4n) is 2.85. The molecular formula is C21H26N4O4. The number of anilines is 1. The monoisotopic (exact) mass is 398 g/mol. The average Bonchev–Trinajstić information content (AvgIpc) is 2.69. The number of amides is 4. The summed E-state index contributed by atoms with van der Waals surface area (Å²) in [7, 11) is 3.20. The first kappa shape index (κ1) is 21.9. The van der Waals surface area contributed by atoms with Gasteiger partial charge in [0.15, 0.2) is 0 Å². The van der Waals surface area contributed by atoms with Crippen LogP contribution in [0.3, 0.4) is 0 Å². The molecule has 0 aromatic heterocycles. The number of nitrogens with one attached hydrogen (secondary N) is 3. The fourth-order valence-corrected chi connectivity index (χ4v) is 2.85. The maximum Gasteiger partial charge on any atom is 0.321 e. The van der Waals surface area contributed by atoms with Crippen LogP contribution in [0.4, 0.5) is 10.5 Å². The summed E-state index contributed by atoms with van der Waals surface area (Å²) >= 11 is 0. The largest absolute Gasteiger partial charge is 0.497 e. The van der Waals surface area contributed by atoms with Gasteiger partial charge in [-0.15, -0.1) is 0 Å². The van der Waals surface area contributed by atoms with Crippen LogP contribution in [0, 0.1) is 0 Å². The normalized spacial score (nSPS) is 11.4. The second kappa shape index (κ2) is 10.8. The third-order valence-corrected chi connectivity index (χ3v) is 4.12. The number of benzene rings is 2. The molecule has 0 aliphatic rings. The molecule has 0 aliphatic carbocycles. The van der Waals surface area contributed by atoms with Gasteiger partial charge in [0.1, 0.15) is 11.8 Å². The molecule has 154 valence electrons. The molecular weight excluding hydrogens is 372 g/mol. The first-order valence-electron chi connectivity index (χ1n) is 9.22. The SMILES string of the molecule is CCNC(=O)NC(=O)[C@@H](c1ccccc1)N(C)CC(=O)Nc1cccc(OC)c1. The van der Waals surface area contributed by atoms with Crippen LogP contribution in [-0.4, -0.2) is 50.0 Å². The summed E-state index contributed by atoms with van der Waals surface area (Å²) in [6.07, 6.45) is 0. The second-order valence-corrected chi connectivity index (χ2v) is 6.36. The Balaban J connectivity index is 2.11. The Hall–Kier alpha value is -3.39. The molecule has 0 aliphatic heterocycles. The fraction of sp³-hybridized carbons (Fsp3) is 0.286. The number of hydrogen-bond donors (Lipinski definition) is 3. The average molecular weight is 398 g/mol.